The molecule has 0 aliphatic rings. The van der Waals surface area contributed by atoms with E-state index in [1.54, 1.807) is 0 Å². The van der Waals surface area contributed by atoms with E-state index in [-0.39, 0.29) is 11.7 Å². The van der Waals surface area contributed by atoms with Crippen molar-refractivity contribution in [1.82, 2.24) is 0 Å². The van der Waals surface area contributed by atoms with Crippen LogP contribution in [0.5, 0.6) is 0 Å². The molecule has 0 heterocycles. The van der Waals surface area contributed by atoms with Crippen LogP contribution in [0.3, 0.4) is 0 Å². The van der Waals surface area contributed by atoms with Crippen molar-refractivity contribution < 1.29 is 10.0 Å². The number of rotatable bonds is 5. The van der Waals surface area contributed by atoms with Gasteiger partial charge in [0.05, 0.1) is 11.6 Å². The average Bonchev–Trinajstić information content (AvgIpc) is 2.39. The summed E-state index contributed by atoms with van der Waals surface area (Å²) >= 11 is 3.38. The normalized spacial score (nSPS) is 13.1. The number of hydrogen-bond donors (Lipinski definition) is 3. The summed E-state index contributed by atoms with van der Waals surface area (Å²) in [4.78, 5) is 12.2. The lowest BCUT2D eigenvalue weighted by Gasteiger charge is -2.15. The molecule has 0 aliphatic carbocycles. The van der Waals surface area contributed by atoms with Crippen molar-refractivity contribution in [1.29, 1.82) is 0 Å². The molecule has 0 saturated carbocycles. The largest absolute Gasteiger partial charge is 0.409 e. The third-order valence-corrected chi connectivity index (χ3v) is 3.44. The second kappa shape index (κ2) is 7.13. The number of nitrogens with one attached hydrogen (secondary N) is 1. The second-order valence-electron chi connectivity index (χ2n) is 4.34. The molecule has 0 spiro atoms. The summed E-state index contributed by atoms with van der Waals surface area (Å²) < 4.78 is 0.793. The number of benzene rings is 1. The highest BCUT2D eigenvalue weighted by atomic mass is 79.9. The van der Waals surface area contributed by atoms with Gasteiger partial charge in [-0.05, 0) is 47.0 Å². The molecular weight excluding hydrogens is 310 g/mol. The van der Waals surface area contributed by atoms with Gasteiger partial charge >= 0.3 is 0 Å². The number of amidine groups is 1. The lowest BCUT2D eigenvalue weighted by Crippen LogP contribution is -2.34. The summed E-state index contributed by atoms with van der Waals surface area (Å²) in [5.41, 5.74) is 7.27. The molecule has 104 valence electrons. The summed E-state index contributed by atoms with van der Waals surface area (Å²) in [5.74, 6) is -0.964. The summed E-state index contributed by atoms with van der Waals surface area (Å²) in [7, 11) is 0. The Kier molecular flexibility index (Phi) is 5.82. The maximum Gasteiger partial charge on any atom is 0.235 e. The van der Waals surface area contributed by atoms with Crippen molar-refractivity contribution in [3.05, 3.63) is 28.2 Å². The van der Waals surface area contributed by atoms with Gasteiger partial charge in [0.25, 0.3) is 0 Å². The van der Waals surface area contributed by atoms with Crippen molar-refractivity contribution in [2.75, 3.05) is 5.32 Å². The zero-order chi connectivity index (χ0) is 14.4. The van der Waals surface area contributed by atoms with Gasteiger partial charge in [0.15, 0.2) is 5.84 Å². The first-order chi connectivity index (χ1) is 8.99. The number of carbonyl (C=O) groups is 1. The molecule has 0 aromatic heterocycles. The summed E-state index contributed by atoms with van der Waals surface area (Å²) in [6, 6.07) is 5.66. The molecule has 1 aromatic rings. The fourth-order valence-electron chi connectivity index (χ4n) is 1.73. The molecule has 1 rings (SSSR count). The molecule has 0 aliphatic heterocycles. The number of nitrogens with two attached hydrogens (primary N) is 1. The molecule has 0 bridgehead atoms. The zero-order valence-electron chi connectivity index (χ0n) is 11.0. The fourth-order valence-corrected chi connectivity index (χ4v) is 2.07. The Labute approximate surface area is 121 Å². The van der Waals surface area contributed by atoms with Gasteiger partial charge in [-0.3, -0.25) is 4.79 Å². The van der Waals surface area contributed by atoms with Crippen molar-refractivity contribution in [3.8, 4) is 0 Å². The number of halogens is 1. The standard InChI is InChI=1S/C13H18BrN3O2/c1-3-4-9(12(15)17-19)13(18)16-11-7-8(2)5-6-10(11)14/h5-7,9,19H,3-4H2,1-2H3,(H2,15,17)(H,16,18). The van der Waals surface area contributed by atoms with E-state index in [1.165, 1.54) is 0 Å². The van der Waals surface area contributed by atoms with Crippen molar-refractivity contribution in [2.24, 2.45) is 16.8 Å². The Bertz CT molecular complexity index is 489. The SMILES string of the molecule is CCCC(C(=O)Nc1cc(C)ccc1Br)/C(N)=N/O. The molecule has 1 atom stereocenters. The smallest absolute Gasteiger partial charge is 0.235 e. The number of aryl methyl sites for hydroxylation is 1. The van der Waals surface area contributed by atoms with Gasteiger partial charge < -0.3 is 16.3 Å². The first-order valence-corrected chi connectivity index (χ1v) is 6.83. The number of carbonyl (C=O) groups excluding carboxylic acids is 1. The lowest BCUT2D eigenvalue weighted by molar-refractivity contribution is -0.118. The van der Waals surface area contributed by atoms with E-state index < -0.39 is 5.92 Å². The van der Waals surface area contributed by atoms with Crippen LogP contribution in [0.15, 0.2) is 27.8 Å². The quantitative estimate of drug-likeness (QED) is 0.336. The van der Waals surface area contributed by atoms with Gasteiger partial charge in [0.1, 0.15) is 0 Å². The Morgan fingerprint density at radius 2 is 2.26 bits per heavy atom. The Hall–Kier alpha value is -1.56. The van der Waals surface area contributed by atoms with Gasteiger partial charge in [-0.25, -0.2) is 0 Å². The number of anilines is 1. The molecule has 0 radical (unpaired) electrons. The third-order valence-electron chi connectivity index (χ3n) is 2.75. The summed E-state index contributed by atoms with van der Waals surface area (Å²) in [6.45, 7) is 3.88. The number of nitrogens with zero attached hydrogens (tertiary/aromatic N) is 1. The van der Waals surface area contributed by atoms with Crippen LogP contribution < -0.4 is 11.1 Å². The molecular formula is C13H18BrN3O2. The summed E-state index contributed by atoms with van der Waals surface area (Å²) in [6.07, 6.45) is 1.30. The van der Waals surface area contributed by atoms with Crippen molar-refractivity contribution in [3.63, 3.8) is 0 Å². The highest BCUT2D eigenvalue weighted by molar-refractivity contribution is 9.10. The minimum absolute atomic E-state index is 0.0666. The van der Waals surface area contributed by atoms with Crippen LogP contribution in [-0.2, 0) is 4.79 Å². The molecule has 1 amide bonds. The maximum atomic E-state index is 12.2. The van der Waals surface area contributed by atoms with Crippen molar-refractivity contribution >= 4 is 33.4 Å². The highest BCUT2D eigenvalue weighted by Gasteiger charge is 2.22. The van der Waals surface area contributed by atoms with Gasteiger partial charge in [-0.2, -0.15) is 0 Å². The van der Waals surface area contributed by atoms with Crippen LogP contribution in [0.4, 0.5) is 5.69 Å². The summed E-state index contributed by atoms with van der Waals surface area (Å²) in [5, 5.41) is 14.4. The number of hydrogen-bond acceptors (Lipinski definition) is 3. The molecule has 19 heavy (non-hydrogen) atoms. The monoisotopic (exact) mass is 327 g/mol. The highest BCUT2D eigenvalue weighted by Crippen LogP contribution is 2.24. The van der Waals surface area contributed by atoms with Crippen LogP contribution in [-0.4, -0.2) is 17.0 Å². The van der Waals surface area contributed by atoms with Crippen LogP contribution >= 0.6 is 15.9 Å². The predicted molar refractivity (Wildman–Crippen MR) is 79.3 cm³/mol. The minimum atomic E-state index is -0.623. The van der Waals surface area contributed by atoms with E-state index in [0.717, 1.165) is 16.5 Å². The van der Waals surface area contributed by atoms with Crippen LogP contribution in [0.2, 0.25) is 0 Å². The maximum absolute atomic E-state index is 12.2. The van der Waals surface area contributed by atoms with Gasteiger partial charge in [-0.15, -0.1) is 0 Å². The van der Waals surface area contributed by atoms with E-state index in [0.29, 0.717) is 12.1 Å². The molecule has 1 unspecified atom stereocenters. The fraction of sp³-hybridized carbons (Fsp3) is 0.385. The average molecular weight is 328 g/mol. The first kappa shape index (κ1) is 15.5. The van der Waals surface area contributed by atoms with E-state index >= 15 is 0 Å². The van der Waals surface area contributed by atoms with E-state index in [4.69, 9.17) is 10.9 Å². The Morgan fingerprint density at radius 1 is 1.58 bits per heavy atom. The molecule has 0 saturated heterocycles. The zero-order valence-corrected chi connectivity index (χ0v) is 12.6. The topological polar surface area (TPSA) is 87.7 Å². The molecule has 5 nitrogen and oxygen atoms in total. The number of oxime groups is 1. The van der Waals surface area contributed by atoms with Crippen LogP contribution in [0, 0.1) is 12.8 Å². The lowest BCUT2D eigenvalue weighted by atomic mass is 10.0. The Morgan fingerprint density at radius 3 is 2.84 bits per heavy atom. The molecule has 6 heteroatoms. The molecule has 1 aromatic carbocycles. The van der Waals surface area contributed by atoms with Crippen LogP contribution in [0.1, 0.15) is 25.3 Å². The predicted octanol–water partition coefficient (Wildman–Crippen LogP) is 2.86. The van der Waals surface area contributed by atoms with Crippen molar-refractivity contribution in [2.45, 2.75) is 26.7 Å². The van der Waals surface area contributed by atoms with E-state index in [1.807, 2.05) is 32.0 Å². The van der Waals surface area contributed by atoms with E-state index in [9.17, 15) is 4.79 Å². The van der Waals surface area contributed by atoms with E-state index in [2.05, 4.69) is 26.4 Å². The Balaban J connectivity index is 2.90. The van der Waals surface area contributed by atoms with Gasteiger partial charge in [0.2, 0.25) is 5.91 Å². The van der Waals surface area contributed by atoms with Crippen LogP contribution in [0.25, 0.3) is 0 Å². The number of amides is 1. The first-order valence-electron chi connectivity index (χ1n) is 6.04. The molecule has 0 fully saturated rings. The molecule has 4 N–H and O–H groups in total. The second-order valence-corrected chi connectivity index (χ2v) is 5.19. The van der Waals surface area contributed by atoms with Gasteiger partial charge in [0, 0.05) is 4.47 Å². The minimum Gasteiger partial charge on any atom is -0.409 e. The third kappa shape index (κ3) is 4.24. The van der Waals surface area contributed by atoms with Gasteiger partial charge in [-0.1, -0.05) is 24.6 Å².